The fourth-order valence-corrected chi connectivity index (χ4v) is 2.64. The molecule has 17 heavy (non-hydrogen) atoms. The van der Waals surface area contributed by atoms with Crippen molar-refractivity contribution in [2.45, 2.75) is 53.0 Å². The molecular weight excluding hydrogens is 210 g/mol. The molecular formula is C14H23N3. The number of hydrogen-bond acceptors (Lipinski definition) is 3. The van der Waals surface area contributed by atoms with E-state index in [1.165, 1.54) is 19.3 Å². The van der Waals surface area contributed by atoms with Crippen LogP contribution in [-0.4, -0.2) is 16.0 Å². The molecule has 1 heterocycles. The molecule has 0 amide bonds. The van der Waals surface area contributed by atoms with Crippen LogP contribution in [0.1, 0.15) is 44.5 Å². The molecule has 3 atom stereocenters. The van der Waals surface area contributed by atoms with Gasteiger partial charge in [0.2, 0.25) is 0 Å². The second kappa shape index (κ2) is 5.03. The van der Waals surface area contributed by atoms with Crippen LogP contribution in [0.5, 0.6) is 0 Å². The molecule has 0 spiro atoms. The lowest BCUT2D eigenvalue weighted by molar-refractivity contribution is 0.252. The zero-order valence-corrected chi connectivity index (χ0v) is 11.3. The van der Waals surface area contributed by atoms with E-state index in [1.54, 1.807) is 0 Å². The molecule has 1 aromatic heterocycles. The molecule has 1 saturated carbocycles. The van der Waals surface area contributed by atoms with Gasteiger partial charge < -0.3 is 5.32 Å². The Morgan fingerprint density at radius 2 is 2.00 bits per heavy atom. The van der Waals surface area contributed by atoms with Gasteiger partial charge in [-0.05, 0) is 32.1 Å². The first-order valence-electron chi connectivity index (χ1n) is 6.64. The lowest BCUT2D eigenvalue weighted by Gasteiger charge is -2.35. The number of aromatic nitrogens is 2. The average molecular weight is 233 g/mol. The van der Waals surface area contributed by atoms with Crippen molar-refractivity contribution in [1.82, 2.24) is 9.97 Å². The Hall–Kier alpha value is -1.12. The van der Waals surface area contributed by atoms with Gasteiger partial charge in [0.25, 0.3) is 0 Å². The van der Waals surface area contributed by atoms with Gasteiger partial charge in [0.15, 0.2) is 0 Å². The second-order valence-corrected chi connectivity index (χ2v) is 5.46. The van der Waals surface area contributed by atoms with Gasteiger partial charge in [-0.2, -0.15) is 0 Å². The Balaban J connectivity index is 2.11. The van der Waals surface area contributed by atoms with E-state index in [1.807, 2.05) is 20.0 Å². The number of nitrogens with one attached hydrogen (secondary N) is 1. The normalized spacial score (nSPS) is 29.1. The van der Waals surface area contributed by atoms with Crippen molar-refractivity contribution in [2.75, 3.05) is 5.32 Å². The fraction of sp³-hybridized carbons (Fsp3) is 0.714. The van der Waals surface area contributed by atoms with Crippen molar-refractivity contribution in [1.29, 1.82) is 0 Å². The topological polar surface area (TPSA) is 37.8 Å². The minimum atomic E-state index is 0.550. The van der Waals surface area contributed by atoms with Crippen LogP contribution in [0.2, 0.25) is 0 Å². The highest BCUT2D eigenvalue weighted by Gasteiger charge is 2.27. The van der Waals surface area contributed by atoms with Gasteiger partial charge in [-0.3, -0.25) is 4.98 Å². The molecule has 94 valence electrons. The van der Waals surface area contributed by atoms with Gasteiger partial charge in [-0.1, -0.05) is 26.7 Å². The van der Waals surface area contributed by atoms with E-state index in [0.717, 1.165) is 23.1 Å². The van der Waals surface area contributed by atoms with Crippen LogP contribution in [0.25, 0.3) is 0 Å². The second-order valence-electron chi connectivity index (χ2n) is 5.46. The molecule has 1 aliphatic rings. The number of anilines is 1. The first-order valence-corrected chi connectivity index (χ1v) is 6.64. The Bertz CT molecular complexity index is 389. The predicted molar refractivity (Wildman–Crippen MR) is 71.1 cm³/mol. The van der Waals surface area contributed by atoms with Crippen LogP contribution < -0.4 is 5.32 Å². The van der Waals surface area contributed by atoms with Crippen LogP contribution in [-0.2, 0) is 0 Å². The number of hydrogen-bond donors (Lipinski definition) is 1. The van der Waals surface area contributed by atoms with E-state index >= 15 is 0 Å². The van der Waals surface area contributed by atoms with E-state index < -0.39 is 0 Å². The van der Waals surface area contributed by atoms with Crippen molar-refractivity contribution in [2.24, 2.45) is 11.8 Å². The standard InChI is InChI=1S/C14H23N3/c1-9-6-5-7-13(11(9)3)17-14-12(4)15-8-10(2)16-14/h8-9,11,13H,5-7H2,1-4H3,(H,16,17)/t9-,11-,13+/m1/s1. The third-order valence-corrected chi connectivity index (χ3v) is 4.10. The van der Waals surface area contributed by atoms with Gasteiger partial charge in [-0.25, -0.2) is 4.98 Å². The summed E-state index contributed by atoms with van der Waals surface area (Å²) in [5, 5.41) is 3.60. The van der Waals surface area contributed by atoms with E-state index in [9.17, 15) is 0 Å². The predicted octanol–water partition coefficient (Wildman–Crippen LogP) is 3.33. The molecule has 3 nitrogen and oxygen atoms in total. The molecule has 0 bridgehead atoms. The molecule has 1 aliphatic carbocycles. The highest BCUT2D eigenvalue weighted by atomic mass is 15.0. The lowest BCUT2D eigenvalue weighted by atomic mass is 9.78. The third-order valence-electron chi connectivity index (χ3n) is 4.10. The zero-order valence-electron chi connectivity index (χ0n) is 11.3. The minimum absolute atomic E-state index is 0.550. The summed E-state index contributed by atoms with van der Waals surface area (Å²) in [6, 6.07) is 0.550. The Morgan fingerprint density at radius 1 is 1.24 bits per heavy atom. The number of nitrogens with zero attached hydrogens (tertiary/aromatic N) is 2. The Morgan fingerprint density at radius 3 is 2.76 bits per heavy atom. The SMILES string of the molecule is Cc1cnc(C)c(N[C@H]2CCC[C@@H](C)[C@H]2C)n1. The highest BCUT2D eigenvalue weighted by Crippen LogP contribution is 2.31. The zero-order chi connectivity index (χ0) is 12.4. The van der Waals surface area contributed by atoms with Crippen molar-refractivity contribution in [3.63, 3.8) is 0 Å². The quantitative estimate of drug-likeness (QED) is 0.851. The average Bonchev–Trinajstić information content (AvgIpc) is 2.30. The number of rotatable bonds is 2. The Labute approximate surface area is 104 Å². The fourth-order valence-electron chi connectivity index (χ4n) is 2.64. The Kier molecular flexibility index (Phi) is 3.65. The molecule has 0 unspecified atom stereocenters. The summed E-state index contributed by atoms with van der Waals surface area (Å²) >= 11 is 0. The molecule has 0 saturated heterocycles. The van der Waals surface area contributed by atoms with Crippen molar-refractivity contribution >= 4 is 5.82 Å². The van der Waals surface area contributed by atoms with Crippen molar-refractivity contribution < 1.29 is 0 Å². The molecule has 0 radical (unpaired) electrons. The van der Waals surface area contributed by atoms with Gasteiger partial charge >= 0.3 is 0 Å². The molecule has 3 heteroatoms. The largest absolute Gasteiger partial charge is 0.366 e. The van der Waals surface area contributed by atoms with Crippen molar-refractivity contribution in [3.8, 4) is 0 Å². The molecule has 1 aromatic rings. The molecule has 0 aliphatic heterocycles. The minimum Gasteiger partial charge on any atom is -0.366 e. The molecule has 1 N–H and O–H groups in total. The summed E-state index contributed by atoms with van der Waals surface area (Å²) in [5.74, 6) is 2.49. The smallest absolute Gasteiger partial charge is 0.147 e. The van der Waals surface area contributed by atoms with Crippen LogP contribution in [0.4, 0.5) is 5.82 Å². The van der Waals surface area contributed by atoms with Crippen LogP contribution in [0, 0.1) is 25.7 Å². The first-order chi connectivity index (χ1) is 8.08. The summed E-state index contributed by atoms with van der Waals surface area (Å²) < 4.78 is 0. The molecule has 2 rings (SSSR count). The van der Waals surface area contributed by atoms with Crippen LogP contribution in [0.3, 0.4) is 0 Å². The van der Waals surface area contributed by atoms with Gasteiger partial charge in [0, 0.05) is 12.2 Å². The third kappa shape index (κ3) is 2.76. The lowest BCUT2D eigenvalue weighted by Crippen LogP contribution is -2.35. The maximum atomic E-state index is 4.55. The summed E-state index contributed by atoms with van der Waals surface area (Å²) in [7, 11) is 0. The maximum absolute atomic E-state index is 4.55. The van der Waals surface area contributed by atoms with Gasteiger partial charge in [0.1, 0.15) is 5.82 Å². The van der Waals surface area contributed by atoms with E-state index in [-0.39, 0.29) is 0 Å². The van der Waals surface area contributed by atoms with Crippen molar-refractivity contribution in [3.05, 3.63) is 17.6 Å². The van der Waals surface area contributed by atoms with Gasteiger partial charge in [-0.15, -0.1) is 0 Å². The molecule has 1 fully saturated rings. The summed E-state index contributed by atoms with van der Waals surface area (Å²) in [4.78, 5) is 8.92. The van der Waals surface area contributed by atoms with E-state index in [2.05, 4.69) is 29.1 Å². The van der Waals surface area contributed by atoms with E-state index in [4.69, 9.17) is 0 Å². The summed E-state index contributed by atoms with van der Waals surface area (Å²) in [6.07, 6.45) is 5.76. The molecule has 0 aromatic carbocycles. The summed E-state index contributed by atoms with van der Waals surface area (Å²) in [5.41, 5.74) is 1.98. The first kappa shape index (κ1) is 12.3. The summed E-state index contributed by atoms with van der Waals surface area (Å²) in [6.45, 7) is 8.71. The van der Waals surface area contributed by atoms with Crippen LogP contribution >= 0.6 is 0 Å². The van der Waals surface area contributed by atoms with Crippen LogP contribution in [0.15, 0.2) is 6.20 Å². The van der Waals surface area contributed by atoms with E-state index in [0.29, 0.717) is 12.0 Å². The monoisotopic (exact) mass is 233 g/mol. The van der Waals surface area contributed by atoms with Gasteiger partial charge in [0.05, 0.1) is 11.4 Å². The number of aryl methyl sites for hydroxylation is 2. The maximum Gasteiger partial charge on any atom is 0.147 e. The highest BCUT2D eigenvalue weighted by molar-refractivity contribution is 5.40.